The minimum Gasteiger partial charge on any atom is -0.480 e. The van der Waals surface area contributed by atoms with E-state index in [2.05, 4.69) is 4.74 Å². The molecule has 4 N–H and O–H groups in total. The number of amides is 1. The number of carboxylic acid groups (broad SMARTS) is 1. The van der Waals surface area contributed by atoms with Crippen molar-refractivity contribution < 1.29 is 28.6 Å². The third kappa shape index (κ3) is 3.94. The maximum Gasteiger partial charge on any atom is 0.326 e. The largest absolute Gasteiger partial charge is 0.480 e. The summed E-state index contributed by atoms with van der Waals surface area (Å²) < 4.78 is 17.8. The zero-order valence-electron chi connectivity index (χ0n) is 10.6. The van der Waals surface area contributed by atoms with Crippen molar-refractivity contribution in [1.29, 1.82) is 0 Å². The summed E-state index contributed by atoms with van der Waals surface area (Å²) in [6.07, 6.45) is -0.561. The average molecular weight is 284 g/mol. The Morgan fingerprint density at radius 3 is 2.60 bits per heavy atom. The second-order valence-corrected chi connectivity index (χ2v) is 3.88. The second kappa shape index (κ2) is 6.50. The molecule has 20 heavy (non-hydrogen) atoms. The Hall–Kier alpha value is -2.64. The van der Waals surface area contributed by atoms with Crippen molar-refractivity contribution in [1.82, 2.24) is 5.32 Å². The summed E-state index contributed by atoms with van der Waals surface area (Å²) in [5.41, 5.74) is 5.10. The van der Waals surface area contributed by atoms with E-state index in [0.29, 0.717) is 0 Å². The molecule has 1 atom stereocenters. The van der Waals surface area contributed by atoms with Crippen LogP contribution in [0.5, 0.6) is 0 Å². The number of carbonyl (C=O) groups is 3. The quantitative estimate of drug-likeness (QED) is 0.523. The molecule has 0 aliphatic heterocycles. The van der Waals surface area contributed by atoms with Crippen molar-refractivity contribution in [3.8, 4) is 0 Å². The lowest BCUT2D eigenvalue weighted by atomic mass is 10.1. The number of hydrogen-bond donors (Lipinski definition) is 3. The fourth-order valence-electron chi connectivity index (χ4n) is 1.40. The summed E-state index contributed by atoms with van der Waals surface area (Å²) in [5.74, 6) is -4.08. The third-order valence-corrected chi connectivity index (χ3v) is 2.44. The Morgan fingerprint density at radius 2 is 2.10 bits per heavy atom. The molecule has 0 bridgehead atoms. The number of carbonyl (C=O) groups excluding carboxylic acids is 2. The van der Waals surface area contributed by atoms with Gasteiger partial charge in [-0.2, -0.15) is 0 Å². The van der Waals surface area contributed by atoms with Crippen LogP contribution in [-0.4, -0.2) is 36.1 Å². The third-order valence-electron chi connectivity index (χ3n) is 2.44. The number of halogens is 1. The first kappa shape index (κ1) is 15.4. The average Bonchev–Trinajstić information content (AvgIpc) is 2.37. The number of nitrogens with one attached hydrogen (secondary N) is 1. The molecule has 0 saturated heterocycles. The van der Waals surface area contributed by atoms with Crippen LogP contribution in [0, 0.1) is 5.82 Å². The number of anilines is 1. The van der Waals surface area contributed by atoms with Crippen LogP contribution in [0.1, 0.15) is 16.8 Å². The fraction of sp³-hybridized carbons (Fsp3) is 0.250. The second-order valence-electron chi connectivity index (χ2n) is 3.88. The number of benzene rings is 1. The Kier molecular flexibility index (Phi) is 5.01. The highest BCUT2D eigenvalue weighted by Crippen LogP contribution is 2.12. The summed E-state index contributed by atoms with van der Waals surface area (Å²) in [7, 11) is 1.09. The summed E-state index contributed by atoms with van der Waals surface area (Å²) in [6, 6.07) is 1.85. The summed E-state index contributed by atoms with van der Waals surface area (Å²) in [6.45, 7) is 0. The van der Waals surface area contributed by atoms with Gasteiger partial charge in [-0.1, -0.05) is 0 Å². The van der Waals surface area contributed by atoms with Gasteiger partial charge in [0, 0.05) is 5.69 Å². The molecule has 0 unspecified atom stereocenters. The van der Waals surface area contributed by atoms with E-state index >= 15 is 0 Å². The first-order chi connectivity index (χ1) is 9.35. The fourth-order valence-corrected chi connectivity index (χ4v) is 1.40. The van der Waals surface area contributed by atoms with Crippen LogP contribution in [0.3, 0.4) is 0 Å². The molecule has 0 fully saturated rings. The van der Waals surface area contributed by atoms with Crippen LogP contribution in [0.25, 0.3) is 0 Å². The lowest BCUT2D eigenvalue weighted by Crippen LogP contribution is -2.42. The smallest absolute Gasteiger partial charge is 0.326 e. The van der Waals surface area contributed by atoms with Gasteiger partial charge >= 0.3 is 11.9 Å². The molecule has 1 amide bonds. The predicted octanol–water partition coefficient (Wildman–Crippen LogP) is 0.154. The molecular formula is C12H13FN2O5. The van der Waals surface area contributed by atoms with E-state index in [4.69, 9.17) is 10.8 Å². The number of esters is 1. The number of nitrogens with two attached hydrogens (primary N) is 1. The Bertz CT molecular complexity index is 547. The lowest BCUT2D eigenvalue weighted by molar-refractivity contribution is -0.147. The molecule has 0 aromatic heterocycles. The van der Waals surface area contributed by atoms with Gasteiger partial charge in [0.15, 0.2) is 0 Å². The molecule has 0 radical (unpaired) electrons. The molecule has 0 aliphatic carbocycles. The van der Waals surface area contributed by atoms with Gasteiger partial charge in [0.05, 0.1) is 19.1 Å². The number of aliphatic carboxylic acids is 1. The van der Waals surface area contributed by atoms with Crippen molar-refractivity contribution in [2.45, 2.75) is 12.5 Å². The maximum absolute atomic E-state index is 13.5. The SMILES string of the molecule is COC(=O)C[C@H](NC(=O)c1ccc(N)cc1F)C(=O)O. The van der Waals surface area contributed by atoms with Gasteiger partial charge < -0.3 is 20.9 Å². The molecule has 8 heteroatoms. The predicted molar refractivity (Wildman–Crippen MR) is 66.3 cm³/mol. The monoisotopic (exact) mass is 284 g/mol. The van der Waals surface area contributed by atoms with E-state index in [1.807, 2.05) is 5.32 Å². The standard InChI is InChI=1S/C12H13FN2O5/c1-20-10(16)5-9(12(18)19)15-11(17)7-3-2-6(14)4-8(7)13/h2-4,9H,5,14H2,1H3,(H,15,17)(H,18,19)/t9-/m0/s1. The Balaban J connectivity index is 2.85. The zero-order valence-corrected chi connectivity index (χ0v) is 10.6. The van der Waals surface area contributed by atoms with Gasteiger partial charge in [0.1, 0.15) is 11.9 Å². The van der Waals surface area contributed by atoms with Gasteiger partial charge in [-0.3, -0.25) is 9.59 Å². The van der Waals surface area contributed by atoms with Gasteiger partial charge in [-0.25, -0.2) is 9.18 Å². The van der Waals surface area contributed by atoms with Crippen LogP contribution in [-0.2, 0) is 14.3 Å². The maximum atomic E-state index is 13.5. The molecule has 1 aromatic carbocycles. The lowest BCUT2D eigenvalue weighted by Gasteiger charge is -2.13. The molecule has 0 aliphatic rings. The molecule has 0 saturated carbocycles. The molecule has 7 nitrogen and oxygen atoms in total. The normalized spacial score (nSPS) is 11.5. The highest BCUT2D eigenvalue weighted by molar-refractivity contribution is 5.97. The van der Waals surface area contributed by atoms with Crippen LogP contribution in [0.15, 0.2) is 18.2 Å². The number of rotatable bonds is 5. The van der Waals surface area contributed by atoms with Crippen molar-refractivity contribution in [3.63, 3.8) is 0 Å². The van der Waals surface area contributed by atoms with Gasteiger partial charge in [0.25, 0.3) is 5.91 Å². The number of ether oxygens (including phenoxy) is 1. The van der Waals surface area contributed by atoms with Gasteiger partial charge in [-0.15, -0.1) is 0 Å². The highest BCUT2D eigenvalue weighted by Gasteiger charge is 2.25. The van der Waals surface area contributed by atoms with Crippen molar-refractivity contribution in [2.24, 2.45) is 0 Å². The minimum absolute atomic E-state index is 0.128. The summed E-state index contributed by atoms with van der Waals surface area (Å²) in [4.78, 5) is 33.7. The summed E-state index contributed by atoms with van der Waals surface area (Å²) in [5, 5.41) is 10.9. The van der Waals surface area contributed by atoms with E-state index in [0.717, 1.165) is 19.2 Å². The first-order valence-corrected chi connectivity index (χ1v) is 5.50. The van der Waals surface area contributed by atoms with Crippen LogP contribution in [0.2, 0.25) is 0 Å². The highest BCUT2D eigenvalue weighted by atomic mass is 19.1. The number of carboxylic acids is 1. The van der Waals surface area contributed by atoms with Crippen LogP contribution >= 0.6 is 0 Å². The van der Waals surface area contributed by atoms with Crippen molar-refractivity contribution in [3.05, 3.63) is 29.6 Å². The first-order valence-electron chi connectivity index (χ1n) is 5.50. The Morgan fingerprint density at radius 1 is 1.45 bits per heavy atom. The topological polar surface area (TPSA) is 119 Å². The van der Waals surface area contributed by atoms with Crippen LogP contribution in [0.4, 0.5) is 10.1 Å². The van der Waals surface area contributed by atoms with E-state index in [-0.39, 0.29) is 11.3 Å². The molecule has 1 rings (SSSR count). The number of methoxy groups -OCH3 is 1. The van der Waals surface area contributed by atoms with E-state index in [1.165, 1.54) is 6.07 Å². The molecule has 1 aromatic rings. The number of hydrogen-bond acceptors (Lipinski definition) is 5. The van der Waals surface area contributed by atoms with Crippen molar-refractivity contribution in [2.75, 3.05) is 12.8 Å². The van der Waals surface area contributed by atoms with Gasteiger partial charge in [-0.05, 0) is 18.2 Å². The number of nitrogen functional groups attached to an aromatic ring is 1. The molecular weight excluding hydrogens is 271 g/mol. The molecule has 0 spiro atoms. The molecule has 0 heterocycles. The van der Waals surface area contributed by atoms with E-state index < -0.39 is 36.1 Å². The molecule has 108 valence electrons. The van der Waals surface area contributed by atoms with Crippen LogP contribution < -0.4 is 11.1 Å². The van der Waals surface area contributed by atoms with E-state index in [1.54, 1.807) is 0 Å². The zero-order chi connectivity index (χ0) is 15.3. The van der Waals surface area contributed by atoms with E-state index in [9.17, 15) is 18.8 Å². The minimum atomic E-state index is -1.51. The van der Waals surface area contributed by atoms with Gasteiger partial charge in [0.2, 0.25) is 0 Å². The van der Waals surface area contributed by atoms with Crippen molar-refractivity contribution >= 4 is 23.5 Å². The Labute approximate surface area is 113 Å². The summed E-state index contributed by atoms with van der Waals surface area (Å²) >= 11 is 0.